The van der Waals surface area contributed by atoms with Crippen molar-refractivity contribution in [1.82, 2.24) is 25.0 Å². The summed E-state index contributed by atoms with van der Waals surface area (Å²) >= 11 is 1.48. The quantitative estimate of drug-likeness (QED) is 0.824. The van der Waals surface area contributed by atoms with Gasteiger partial charge in [0.2, 0.25) is 17.7 Å². The Morgan fingerprint density at radius 1 is 1.29 bits per heavy atom. The Kier molecular flexibility index (Phi) is 3.32. The van der Waals surface area contributed by atoms with E-state index in [4.69, 9.17) is 10.2 Å². The van der Waals surface area contributed by atoms with Gasteiger partial charge in [0.25, 0.3) is 0 Å². The van der Waals surface area contributed by atoms with Crippen molar-refractivity contribution in [3.05, 3.63) is 11.8 Å². The first-order valence-corrected chi connectivity index (χ1v) is 6.18. The fourth-order valence-electron chi connectivity index (χ4n) is 1.39. The second kappa shape index (κ2) is 4.74. The zero-order chi connectivity index (χ0) is 12.4. The molecule has 0 aliphatic heterocycles. The lowest BCUT2D eigenvalue weighted by Crippen LogP contribution is -2.07. The molecule has 92 valence electrons. The van der Waals surface area contributed by atoms with E-state index < -0.39 is 0 Å². The van der Waals surface area contributed by atoms with Gasteiger partial charge in [-0.05, 0) is 13.8 Å². The van der Waals surface area contributed by atoms with Crippen molar-refractivity contribution in [2.75, 3.05) is 5.73 Å². The molecule has 2 aromatic rings. The largest absolute Gasteiger partial charge is 0.425 e. The van der Waals surface area contributed by atoms with Gasteiger partial charge in [0.05, 0.1) is 5.75 Å². The number of rotatable bonds is 4. The topological polar surface area (TPSA) is 95.6 Å². The minimum Gasteiger partial charge on any atom is -0.425 e. The lowest BCUT2D eigenvalue weighted by Gasteiger charge is -2.10. The standard InChI is InChI=1S/C9H14N6OS/c1-5(2)15-8(10)13-14-9(15)17-4-7-12-11-6(3)16-7/h5H,4H2,1-3H3,(H2,10,13). The van der Waals surface area contributed by atoms with E-state index in [9.17, 15) is 0 Å². The van der Waals surface area contributed by atoms with Crippen LogP contribution in [0.3, 0.4) is 0 Å². The van der Waals surface area contributed by atoms with E-state index in [1.165, 1.54) is 11.8 Å². The van der Waals surface area contributed by atoms with Crippen LogP contribution in [0.4, 0.5) is 5.95 Å². The molecule has 2 aromatic heterocycles. The molecule has 0 spiro atoms. The van der Waals surface area contributed by atoms with Gasteiger partial charge in [-0.25, -0.2) is 0 Å². The van der Waals surface area contributed by atoms with Crippen molar-refractivity contribution < 1.29 is 4.42 Å². The summed E-state index contributed by atoms with van der Waals surface area (Å²) in [6.45, 7) is 5.82. The van der Waals surface area contributed by atoms with Crippen LogP contribution in [-0.2, 0) is 5.75 Å². The molecule has 0 saturated carbocycles. The predicted octanol–water partition coefficient (Wildman–Crippen LogP) is 1.42. The van der Waals surface area contributed by atoms with Crippen molar-refractivity contribution in [1.29, 1.82) is 0 Å². The van der Waals surface area contributed by atoms with Crippen LogP contribution in [0.2, 0.25) is 0 Å². The van der Waals surface area contributed by atoms with Gasteiger partial charge >= 0.3 is 0 Å². The molecule has 0 aliphatic carbocycles. The molecule has 0 amide bonds. The Morgan fingerprint density at radius 3 is 2.65 bits per heavy atom. The van der Waals surface area contributed by atoms with Gasteiger partial charge in [0, 0.05) is 13.0 Å². The molecule has 8 heteroatoms. The van der Waals surface area contributed by atoms with Gasteiger partial charge in [0.15, 0.2) is 5.16 Å². The Labute approximate surface area is 103 Å². The molecule has 0 fully saturated rings. The maximum absolute atomic E-state index is 5.74. The molecule has 0 bridgehead atoms. The normalized spacial score (nSPS) is 11.3. The Hall–Kier alpha value is -1.57. The highest BCUT2D eigenvalue weighted by Crippen LogP contribution is 2.25. The SMILES string of the molecule is Cc1nnc(CSc2nnc(N)n2C(C)C)o1. The smallest absolute Gasteiger partial charge is 0.226 e. The summed E-state index contributed by atoms with van der Waals surface area (Å²) in [4.78, 5) is 0. The van der Waals surface area contributed by atoms with Gasteiger partial charge in [0.1, 0.15) is 0 Å². The summed E-state index contributed by atoms with van der Waals surface area (Å²) in [6.07, 6.45) is 0. The number of aryl methyl sites for hydroxylation is 1. The van der Waals surface area contributed by atoms with Gasteiger partial charge in [-0.3, -0.25) is 4.57 Å². The number of hydrogen-bond acceptors (Lipinski definition) is 7. The molecular weight excluding hydrogens is 240 g/mol. The Morgan fingerprint density at radius 2 is 2.06 bits per heavy atom. The molecule has 0 atom stereocenters. The average Bonchev–Trinajstić information content (AvgIpc) is 2.82. The van der Waals surface area contributed by atoms with Crippen LogP contribution in [0.1, 0.15) is 31.7 Å². The molecular formula is C9H14N6OS. The molecule has 2 N–H and O–H groups in total. The Balaban J connectivity index is 2.09. The predicted molar refractivity (Wildman–Crippen MR) is 63.4 cm³/mol. The van der Waals surface area contributed by atoms with Crippen molar-refractivity contribution in [2.45, 2.75) is 37.7 Å². The highest BCUT2D eigenvalue weighted by Gasteiger charge is 2.14. The first kappa shape index (κ1) is 11.9. The van der Waals surface area contributed by atoms with Crippen molar-refractivity contribution in [3.63, 3.8) is 0 Å². The molecule has 2 rings (SSSR count). The van der Waals surface area contributed by atoms with Gasteiger partial charge < -0.3 is 10.2 Å². The summed E-state index contributed by atoms with van der Waals surface area (Å²) in [5.41, 5.74) is 5.74. The van der Waals surface area contributed by atoms with E-state index >= 15 is 0 Å². The molecule has 7 nitrogen and oxygen atoms in total. The van der Waals surface area contributed by atoms with Crippen LogP contribution in [0, 0.1) is 6.92 Å². The minimum atomic E-state index is 0.219. The third-order valence-corrected chi connectivity index (χ3v) is 3.03. The lowest BCUT2D eigenvalue weighted by molar-refractivity contribution is 0.485. The van der Waals surface area contributed by atoms with Crippen LogP contribution in [0.5, 0.6) is 0 Å². The fourth-order valence-corrected chi connectivity index (χ4v) is 2.31. The van der Waals surface area contributed by atoms with E-state index in [2.05, 4.69) is 20.4 Å². The molecule has 0 aromatic carbocycles. The summed E-state index contributed by atoms with van der Waals surface area (Å²) < 4.78 is 7.15. The molecule has 0 saturated heterocycles. The molecule has 2 heterocycles. The molecule has 17 heavy (non-hydrogen) atoms. The molecule has 0 radical (unpaired) electrons. The zero-order valence-electron chi connectivity index (χ0n) is 9.91. The number of nitrogens with zero attached hydrogens (tertiary/aromatic N) is 5. The van der Waals surface area contributed by atoms with Crippen LogP contribution in [-0.4, -0.2) is 25.0 Å². The average molecular weight is 254 g/mol. The van der Waals surface area contributed by atoms with E-state index in [1.54, 1.807) is 6.92 Å². The summed E-state index contributed by atoms with van der Waals surface area (Å²) in [7, 11) is 0. The third-order valence-electron chi connectivity index (χ3n) is 2.10. The fraction of sp³-hybridized carbons (Fsp3) is 0.556. The number of nitrogen functional groups attached to an aromatic ring is 1. The van der Waals surface area contributed by atoms with Crippen molar-refractivity contribution in [2.24, 2.45) is 0 Å². The first-order valence-electron chi connectivity index (χ1n) is 5.20. The van der Waals surface area contributed by atoms with Gasteiger partial charge in [-0.15, -0.1) is 20.4 Å². The summed E-state index contributed by atoms with van der Waals surface area (Å²) in [5.74, 6) is 2.12. The highest BCUT2D eigenvalue weighted by atomic mass is 32.2. The maximum Gasteiger partial charge on any atom is 0.226 e. The van der Waals surface area contributed by atoms with Gasteiger partial charge in [-0.1, -0.05) is 11.8 Å². The highest BCUT2D eigenvalue weighted by molar-refractivity contribution is 7.98. The van der Waals surface area contributed by atoms with E-state index in [0.717, 1.165) is 5.16 Å². The van der Waals surface area contributed by atoms with Crippen molar-refractivity contribution >= 4 is 17.7 Å². The number of anilines is 1. The van der Waals surface area contributed by atoms with Crippen molar-refractivity contribution in [3.8, 4) is 0 Å². The maximum atomic E-state index is 5.74. The summed E-state index contributed by atoms with van der Waals surface area (Å²) in [5, 5.41) is 16.3. The third kappa shape index (κ3) is 2.57. The van der Waals surface area contributed by atoms with Crippen LogP contribution in [0.25, 0.3) is 0 Å². The second-order valence-electron chi connectivity index (χ2n) is 3.81. The second-order valence-corrected chi connectivity index (χ2v) is 4.75. The van der Waals surface area contributed by atoms with E-state index in [1.807, 2.05) is 18.4 Å². The molecule has 0 aliphatic rings. The minimum absolute atomic E-state index is 0.219. The Bertz CT molecular complexity index is 505. The number of thioether (sulfide) groups is 1. The van der Waals surface area contributed by atoms with Crippen LogP contribution in [0.15, 0.2) is 9.57 Å². The van der Waals surface area contributed by atoms with Crippen LogP contribution >= 0.6 is 11.8 Å². The van der Waals surface area contributed by atoms with Crippen LogP contribution < -0.4 is 5.73 Å². The lowest BCUT2D eigenvalue weighted by atomic mass is 10.4. The number of nitrogens with two attached hydrogens (primary N) is 1. The zero-order valence-corrected chi connectivity index (χ0v) is 10.7. The number of aromatic nitrogens is 5. The van der Waals surface area contributed by atoms with E-state index in [-0.39, 0.29) is 6.04 Å². The van der Waals surface area contributed by atoms with Gasteiger partial charge in [-0.2, -0.15) is 0 Å². The monoisotopic (exact) mass is 254 g/mol. The molecule has 0 unspecified atom stereocenters. The van der Waals surface area contributed by atoms with E-state index in [0.29, 0.717) is 23.5 Å². The number of hydrogen-bond donors (Lipinski definition) is 1. The summed E-state index contributed by atoms with van der Waals surface area (Å²) in [6, 6.07) is 0.219. The first-order chi connectivity index (χ1) is 8.08.